The number of carbonyl (C=O) groups is 1. The van der Waals surface area contributed by atoms with Gasteiger partial charge in [-0.2, -0.15) is 0 Å². The molecular weight excluding hydrogens is 194 g/mol. The number of carbonyl (C=O) groups excluding carboxylic acids is 1. The predicted molar refractivity (Wildman–Crippen MR) is 57.6 cm³/mol. The fraction of sp³-hybridized carbons (Fsp3) is 0.364. The van der Waals surface area contributed by atoms with Crippen LogP contribution in [0.15, 0.2) is 30.3 Å². The van der Waals surface area contributed by atoms with Crippen LogP contribution in [0.1, 0.15) is 6.92 Å². The molecule has 0 aliphatic heterocycles. The second-order valence-corrected chi connectivity index (χ2v) is 3.28. The van der Waals surface area contributed by atoms with Crippen molar-refractivity contribution in [3.05, 3.63) is 30.3 Å². The first-order valence-electron chi connectivity index (χ1n) is 4.79. The number of benzene rings is 1. The molecule has 1 rings (SSSR count). The lowest BCUT2D eigenvalue weighted by Gasteiger charge is -2.07. The van der Waals surface area contributed by atoms with E-state index in [1.54, 1.807) is 19.1 Å². The highest BCUT2D eigenvalue weighted by atomic mass is 16.5. The molecule has 1 aromatic rings. The first-order valence-corrected chi connectivity index (χ1v) is 4.79. The Morgan fingerprint density at radius 2 is 2.13 bits per heavy atom. The fourth-order valence-corrected chi connectivity index (χ4v) is 1.04. The summed E-state index contributed by atoms with van der Waals surface area (Å²) in [7, 11) is 0. The maximum atomic E-state index is 11.3. The van der Waals surface area contributed by atoms with Gasteiger partial charge in [0.15, 0.2) is 0 Å². The number of aliphatic hydroxyl groups is 1. The van der Waals surface area contributed by atoms with Gasteiger partial charge in [0.2, 0.25) is 5.91 Å². The molecule has 0 spiro atoms. The quantitative estimate of drug-likeness (QED) is 0.761. The highest BCUT2D eigenvalue weighted by Crippen LogP contribution is 2.04. The SMILES string of the molecule is CC(O)COCC(=O)Nc1ccccc1. The smallest absolute Gasteiger partial charge is 0.250 e. The van der Waals surface area contributed by atoms with Gasteiger partial charge in [0, 0.05) is 5.69 Å². The highest BCUT2D eigenvalue weighted by Gasteiger charge is 2.02. The van der Waals surface area contributed by atoms with Crippen molar-refractivity contribution in [2.75, 3.05) is 18.5 Å². The van der Waals surface area contributed by atoms with Crippen LogP contribution in [-0.4, -0.2) is 30.3 Å². The second-order valence-electron chi connectivity index (χ2n) is 3.28. The van der Waals surface area contributed by atoms with Crippen LogP contribution in [0, 0.1) is 0 Å². The van der Waals surface area contributed by atoms with E-state index < -0.39 is 6.10 Å². The molecule has 1 amide bonds. The van der Waals surface area contributed by atoms with E-state index in [1.807, 2.05) is 18.2 Å². The number of para-hydroxylation sites is 1. The van der Waals surface area contributed by atoms with Gasteiger partial charge in [-0.05, 0) is 19.1 Å². The van der Waals surface area contributed by atoms with Crippen molar-refractivity contribution in [3.63, 3.8) is 0 Å². The van der Waals surface area contributed by atoms with Crippen LogP contribution in [0.4, 0.5) is 5.69 Å². The Kier molecular flexibility index (Phi) is 4.80. The van der Waals surface area contributed by atoms with Crippen LogP contribution in [-0.2, 0) is 9.53 Å². The Labute approximate surface area is 88.9 Å². The maximum Gasteiger partial charge on any atom is 0.250 e. The van der Waals surface area contributed by atoms with Gasteiger partial charge < -0.3 is 15.2 Å². The first kappa shape index (κ1) is 11.7. The van der Waals surface area contributed by atoms with E-state index in [0.717, 1.165) is 5.69 Å². The zero-order valence-corrected chi connectivity index (χ0v) is 8.64. The van der Waals surface area contributed by atoms with Crippen molar-refractivity contribution >= 4 is 11.6 Å². The molecule has 1 unspecified atom stereocenters. The summed E-state index contributed by atoms with van der Waals surface area (Å²) in [5.41, 5.74) is 0.739. The number of anilines is 1. The van der Waals surface area contributed by atoms with Gasteiger partial charge in [0.05, 0.1) is 12.7 Å². The van der Waals surface area contributed by atoms with Crippen LogP contribution < -0.4 is 5.32 Å². The molecule has 2 N–H and O–H groups in total. The number of hydrogen-bond acceptors (Lipinski definition) is 3. The van der Waals surface area contributed by atoms with Crippen molar-refractivity contribution in [3.8, 4) is 0 Å². The molecule has 0 fully saturated rings. The molecule has 1 atom stereocenters. The molecule has 4 nitrogen and oxygen atoms in total. The molecular formula is C11H15NO3. The average molecular weight is 209 g/mol. The van der Waals surface area contributed by atoms with Crippen molar-refractivity contribution in [2.24, 2.45) is 0 Å². The Bertz CT molecular complexity index is 298. The number of nitrogens with one attached hydrogen (secondary N) is 1. The van der Waals surface area contributed by atoms with Crippen molar-refractivity contribution < 1.29 is 14.6 Å². The zero-order chi connectivity index (χ0) is 11.1. The lowest BCUT2D eigenvalue weighted by atomic mass is 10.3. The molecule has 0 aromatic heterocycles. The summed E-state index contributed by atoms with van der Waals surface area (Å²) in [6.07, 6.45) is -0.547. The summed E-state index contributed by atoms with van der Waals surface area (Å²) in [5, 5.41) is 11.6. The van der Waals surface area contributed by atoms with Gasteiger partial charge in [0.25, 0.3) is 0 Å². The van der Waals surface area contributed by atoms with E-state index in [2.05, 4.69) is 5.32 Å². The van der Waals surface area contributed by atoms with Gasteiger partial charge in [-0.3, -0.25) is 4.79 Å². The topological polar surface area (TPSA) is 58.6 Å². The van der Waals surface area contributed by atoms with Crippen LogP contribution in [0.25, 0.3) is 0 Å². The minimum absolute atomic E-state index is 0.0419. The third-order valence-corrected chi connectivity index (χ3v) is 1.65. The molecule has 82 valence electrons. The summed E-state index contributed by atoms with van der Waals surface area (Å²) >= 11 is 0. The third-order valence-electron chi connectivity index (χ3n) is 1.65. The molecule has 0 saturated carbocycles. The minimum Gasteiger partial charge on any atom is -0.391 e. The average Bonchev–Trinajstić information content (AvgIpc) is 2.18. The Balaban J connectivity index is 2.25. The summed E-state index contributed by atoms with van der Waals surface area (Å²) in [6, 6.07) is 9.15. The molecule has 0 saturated heterocycles. The molecule has 0 heterocycles. The van der Waals surface area contributed by atoms with Crippen LogP contribution in [0.2, 0.25) is 0 Å². The minimum atomic E-state index is -0.547. The largest absolute Gasteiger partial charge is 0.391 e. The number of ether oxygens (including phenoxy) is 1. The zero-order valence-electron chi connectivity index (χ0n) is 8.64. The van der Waals surface area contributed by atoms with Crippen molar-refractivity contribution in [1.29, 1.82) is 0 Å². The van der Waals surface area contributed by atoms with E-state index >= 15 is 0 Å². The second kappa shape index (κ2) is 6.16. The van der Waals surface area contributed by atoms with E-state index in [1.165, 1.54) is 0 Å². The summed E-state index contributed by atoms with van der Waals surface area (Å²) in [5.74, 6) is -0.221. The van der Waals surface area contributed by atoms with Crippen LogP contribution in [0.3, 0.4) is 0 Å². The number of aliphatic hydroxyl groups excluding tert-OH is 1. The molecule has 15 heavy (non-hydrogen) atoms. The Morgan fingerprint density at radius 3 is 2.73 bits per heavy atom. The molecule has 1 aromatic carbocycles. The fourth-order valence-electron chi connectivity index (χ4n) is 1.04. The first-order chi connectivity index (χ1) is 7.18. The lowest BCUT2D eigenvalue weighted by Crippen LogP contribution is -2.21. The van der Waals surface area contributed by atoms with Gasteiger partial charge in [-0.25, -0.2) is 0 Å². The molecule has 0 radical (unpaired) electrons. The lowest BCUT2D eigenvalue weighted by molar-refractivity contribution is -0.121. The molecule has 0 bridgehead atoms. The number of rotatable bonds is 5. The summed E-state index contributed by atoms with van der Waals surface area (Å²) < 4.78 is 4.97. The predicted octanol–water partition coefficient (Wildman–Crippen LogP) is 1.02. The maximum absolute atomic E-state index is 11.3. The highest BCUT2D eigenvalue weighted by molar-refractivity contribution is 5.91. The number of amides is 1. The van der Waals surface area contributed by atoms with E-state index in [4.69, 9.17) is 9.84 Å². The molecule has 0 aliphatic carbocycles. The third kappa shape index (κ3) is 5.15. The monoisotopic (exact) mass is 209 g/mol. The summed E-state index contributed by atoms with van der Waals surface area (Å²) in [6.45, 7) is 1.73. The van der Waals surface area contributed by atoms with Crippen molar-refractivity contribution in [2.45, 2.75) is 13.0 Å². The molecule has 4 heteroatoms. The Morgan fingerprint density at radius 1 is 1.47 bits per heavy atom. The molecule has 0 aliphatic rings. The van der Waals surface area contributed by atoms with E-state index in [-0.39, 0.29) is 19.1 Å². The van der Waals surface area contributed by atoms with Gasteiger partial charge >= 0.3 is 0 Å². The van der Waals surface area contributed by atoms with Crippen LogP contribution in [0.5, 0.6) is 0 Å². The summed E-state index contributed by atoms with van der Waals surface area (Å²) in [4.78, 5) is 11.3. The number of hydrogen-bond donors (Lipinski definition) is 2. The van der Waals surface area contributed by atoms with Crippen molar-refractivity contribution in [1.82, 2.24) is 0 Å². The normalized spacial score (nSPS) is 12.1. The standard InChI is InChI=1S/C11H15NO3/c1-9(13)7-15-8-11(14)12-10-5-3-2-4-6-10/h2-6,9,13H,7-8H2,1H3,(H,12,14). The Hall–Kier alpha value is -1.39. The van der Waals surface area contributed by atoms with E-state index in [9.17, 15) is 4.79 Å². The van der Waals surface area contributed by atoms with Gasteiger partial charge in [-0.1, -0.05) is 18.2 Å². The van der Waals surface area contributed by atoms with Gasteiger partial charge in [-0.15, -0.1) is 0 Å². The van der Waals surface area contributed by atoms with E-state index in [0.29, 0.717) is 0 Å². The van der Waals surface area contributed by atoms with Gasteiger partial charge in [0.1, 0.15) is 6.61 Å². The van der Waals surface area contributed by atoms with Crippen LogP contribution >= 0.6 is 0 Å².